The Morgan fingerprint density at radius 2 is 1.74 bits per heavy atom. The van der Waals surface area contributed by atoms with Gasteiger partial charge in [-0.2, -0.15) is 0 Å². The summed E-state index contributed by atoms with van der Waals surface area (Å²) < 4.78 is 5.38. The van der Waals surface area contributed by atoms with Crippen LogP contribution in [0.2, 0.25) is 0 Å². The zero-order chi connectivity index (χ0) is 16.0. The van der Waals surface area contributed by atoms with Crippen LogP contribution in [0.1, 0.15) is 23.6 Å². The first-order valence-electron chi connectivity index (χ1n) is 7.98. The van der Waals surface area contributed by atoms with Gasteiger partial charge in [0.15, 0.2) is 0 Å². The Bertz CT molecular complexity index is 917. The van der Waals surface area contributed by atoms with Crippen molar-refractivity contribution in [2.75, 3.05) is 7.11 Å². The van der Waals surface area contributed by atoms with Gasteiger partial charge in [-0.3, -0.25) is 0 Å². The first kappa shape index (κ1) is 14.1. The second kappa shape index (κ2) is 4.99. The predicted octanol–water partition coefficient (Wildman–Crippen LogP) is 5.38. The second-order valence-electron chi connectivity index (χ2n) is 6.55. The van der Waals surface area contributed by atoms with Gasteiger partial charge in [0.1, 0.15) is 5.75 Å². The van der Waals surface area contributed by atoms with E-state index in [1.807, 2.05) is 6.07 Å². The molecule has 1 atom stereocenters. The summed E-state index contributed by atoms with van der Waals surface area (Å²) in [4.78, 5) is 0. The van der Waals surface area contributed by atoms with Crippen molar-refractivity contribution in [3.8, 4) is 5.75 Å². The lowest BCUT2D eigenvalue weighted by atomic mass is 9.75. The smallest absolute Gasteiger partial charge is 0.119 e. The van der Waals surface area contributed by atoms with Crippen LogP contribution in [0.3, 0.4) is 0 Å². The minimum Gasteiger partial charge on any atom is -0.497 e. The minimum absolute atomic E-state index is 0.0738. The Morgan fingerprint density at radius 1 is 1.00 bits per heavy atom. The lowest BCUT2D eigenvalue weighted by Crippen LogP contribution is -2.22. The molecule has 0 spiro atoms. The van der Waals surface area contributed by atoms with Gasteiger partial charge in [-0.05, 0) is 51.6 Å². The van der Waals surface area contributed by atoms with Crippen LogP contribution in [0.5, 0.6) is 5.75 Å². The van der Waals surface area contributed by atoms with Gasteiger partial charge in [0.25, 0.3) is 0 Å². The zero-order valence-electron chi connectivity index (χ0n) is 13.6. The standard InChI is InChI=1S/C22H20O/c1-15-19-11-5-8-17-9-6-12-20(21(17)19)22(15,2)14-16-7-4-10-18(13-16)23-3/h4-13H,1,14H2,2-3H3. The van der Waals surface area contributed by atoms with E-state index in [4.69, 9.17) is 4.74 Å². The summed E-state index contributed by atoms with van der Waals surface area (Å²) in [7, 11) is 1.71. The molecule has 0 fully saturated rings. The molecule has 1 nitrogen and oxygen atoms in total. The monoisotopic (exact) mass is 300 g/mol. The van der Waals surface area contributed by atoms with Crippen molar-refractivity contribution in [1.82, 2.24) is 0 Å². The molecular weight excluding hydrogens is 280 g/mol. The molecule has 1 aliphatic rings. The highest BCUT2D eigenvalue weighted by Gasteiger charge is 2.38. The summed E-state index contributed by atoms with van der Waals surface area (Å²) in [5.74, 6) is 0.908. The summed E-state index contributed by atoms with van der Waals surface area (Å²) in [6.45, 7) is 6.76. The van der Waals surface area contributed by atoms with E-state index in [0.717, 1.165) is 12.2 Å². The Hall–Kier alpha value is -2.54. The quantitative estimate of drug-likeness (QED) is 0.631. The van der Waals surface area contributed by atoms with Crippen LogP contribution in [0.15, 0.2) is 67.2 Å². The molecule has 0 aliphatic heterocycles. The van der Waals surface area contributed by atoms with E-state index in [0.29, 0.717) is 0 Å². The molecule has 0 heterocycles. The maximum absolute atomic E-state index is 5.38. The number of ether oxygens (including phenoxy) is 1. The van der Waals surface area contributed by atoms with Crippen LogP contribution in [-0.4, -0.2) is 7.11 Å². The molecule has 0 saturated carbocycles. The van der Waals surface area contributed by atoms with Crippen molar-refractivity contribution in [2.24, 2.45) is 0 Å². The topological polar surface area (TPSA) is 9.23 Å². The van der Waals surface area contributed by atoms with Gasteiger partial charge in [-0.1, -0.05) is 62.0 Å². The molecule has 0 bridgehead atoms. The second-order valence-corrected chi connectivity index (χ2v) is 6.55. The Labute approximate surface area is 137 Å². The number of hydrogen-bond donors (Lipinski definition) is 0. The van der Waals surface area contributed by atoms with Crippen molar-refractivity contribution in [2.45, 2.75) is 18.8 Å². The van der Waals surface area contributed by atoms with Crippen LogP contribution >= 0.6 is 0 Å². The van der Waals surface area contributed by atoms with Gasteiger partial charge in [-0.25, -0.2) is 0 Å². The Balaban J connectivity index is 1.86. The average molecular weight is 300 g/mol. The molecule has 114 valence electrons. The fourth-order valence-electron chi connectivity index (χ4n) is 3.90. The molecule has 23 heavy (non-hydrogen) atoms. The maximum Gasteiger partial charge on any atom is 0.119 e. The first-order chi connectivity index (χ1) is 11.1. The summed E-state index contributed by atoms with van der Waals surface area (Å²) in [6.07, 6.45) is 0.927. The largest absolute Gasteiger partial charge is 0.497 e. The number of rotatable bonds is 3. The molecule has 0 aromatic heterocycles. The fourth-order valence-corrected chi connectivity index (χ4v) is 3.90. The molecule has 0 amide bonds. The van der Waals surface area contributed by atoms with E-state index in [-0.39, 0.29) is 5.41 Å². The van der Waals surface area contributed by atoms with Crippen molar-refractivity contribution in [3.05, 3.63) is 83.9 Å². The summed E-state index contributed by atoms with van der Waals surface area (Å²) >= 11 is 0. The molecule has 1 unspecified atom stereocenters. The molecule has 3 aromatic rings. The van der Waals surface area contributed by atoms with Gasteiger partial charge < -0.3 is 4.74 Å². The van der Waals surface area contributed by atoms with Crippen LogP contribution in [0.4, 0.5) is 0 Å². The zero-order valence-corrected chi connectivity index (χ0v) is 13.6. The van der Waals surface area contributed by atoms with Crippen LogP contribution in [-0.2, 0) is 11.8 Å². The van der Waals surface area contributed by atoms with Gasteiger partial charge in [0.05, 0.1) is 7.11 Å². The normalized spacial score (nSPS) is 19.3. The molecule has 1 aliphatic carbocycles. The van der Waals surface area contributed by atoms with E-state index in [1.165, 1.54) is 33.0 Å². The van der Waals surface area contributed by atoms with Crippen molar-refractivity contribution in [1.29, 1.82) is 0 Å². The number of benzene rings is 3. The first-order valence-corrected chi connectivity index (χ1v) is 7.98. The van der Waals surface area contributed by atoms with Gasteiger partial charge in [0.2, 0.25) is 0 Å². The highest BCUT2D eigenvalue weighted by Crippen LogP contribution is 2.51. The third kappa shape index (κ3) is 2.00. The molecular formula is C22H20O. The summed E-state index contributed by atoms with van der Waals surface area (Å²) in [5.41, 5.74) is 5.10. The average Bonchev–Trinajstić information content (AvgIpc) is 2.79. The van der Waals surface area contributed by atoms with Crippen molar-refractivity contribution in [3.63, 3.8) is 0 Å². The summed E-state index contributed by atoms with van der Waals surface area (Å²) in [6, 6.07) is 21.5. The van der Waals surface area contributed by atoms with E-state index >= 15 is 0 Å². The summed E-state index contributed by atoms with van der Waals surface area (Å²) in [5, 5.41) is 2.67. The lowest BCUT2D eigenvalue weighted by molar-refractivity contribution is 0.414. The molecule has 0 saturated heterocycles. The Morgan fingerprint density at radius 3 is 2.52 bits per heavy atom. The molecule has 3 aromatic carbocycles. The molecule has 1 heteroatoms. The number of allylic oxidation sites excluding steroid dienone is 1. The molecule has 4 rings (SSSR count). The highest BCUT2D eigenvalue weighted by molar-refractivity contribution is 6.04. The minimum atomic E-state index is -0.0738. The third-order valence-corrected chi connectivity index (χ3v) is 5.18. The molecule has 0 radical (unpaired) electrons. The van der Waals surface area contributed by atoms with Gasteiger partial charge in [-0.15, -0.1) is 0 Å². The SMILES string of the molecule is C=C1c2cccc3cccc(c23)C1(C)Cc1cccc(OC)c1. The van der Waals surface area contributed by atoms with Crippen LogP contribution < -0.4 is 4.74 Å². The molecule has 0 N–H and O–H groups in total. The van der Waals surface area contributed by atoms with Gasteiger partial charge in [0, 0.05) is 5.41 Å². The lowest BCUT2D eigenvalue weighted by Gasteiger charge is -2.28. The fraction of sp³-hybridized carbons (Fsp3) is 0.182. The van der Waals surface area contributed by atoms with Gasteiger partial charge >= 0.3 is 0 Å². The maximum atomic E-state index is 5.38. The van der Waals surface area contributed by atoms with E-state index in [2.05, 4.69) is 68.1 Å². The number of hydrogen-bond acceptors (Lipinski definition) is 1. The van der Waals surface area contributed by atoms with Crippen molar-refractivity contribution < 1.29 is 4.74 Å². The van der Waals surface area contributed by atoms with Crippen molar-refractivity contribution >= 4 is 16.3 Å². The Kier molecular flexibility index (Phi) is 3.05. The van der Waals surface area contributed by atoms with E-state index in [1.54, 1.807) is 7.11 Å². The highest BCUT2D eigenvalue weighted by atomic mass is 16.5. The van der Waals surface area contributed by atoms with E-state index < -0.39 is 0 Å². The van der Waals surface area contributed by atoms with E-state index in [9.17, 15) is 0 Å². The predicted molar refractivity (Wildman–Crippen MR) is 97.0 cm³/mol. The third-order valence-electron chi connectivity index (χ3n) is 5.18. The van der Waals surface area contributed by atoms with Crippen LogP contribution in [0, 0.1) is 0 Å². The van der Waals surface area contributed by atoms with Crippen LogP contribution in [0.25, 0.3) is 16.3 Å². The number of methoxy groups -OCH3 is 1.